The number of thioether (sulfide) groups is 2. The van der Waals surface area contributed by atoms with E-state index in [1.54, 1.807) is 0 Å². The van der Waals surface area contributed by atoms with Gasteiger partial charge in [-0.15, -0.1) is 0 Å². The topological polar surface area (TPSA) is 34.1 Å². The summed E-state index contributed by atoms with van der Waals surface area (Å²) in [5.74, 6) is 0.840. The molecule has 38 heavy (non-hydrogen) atoms. The molecule has 186 valence electrons. The Hall–Kier alpha value is -3.34. The summed E-state index contributed by atoms with van der Waals surface area (Å²) in [5, 5.41) is 4.65. The van der Waals surface area contributed by atoms with E-state index < -0.39 is 10.8 Å². The van der Waals surface area contributed by atoms with Crippen LogP contribution in [0.3, 0.4) is 0 Å². The van der Waals surface area contributed by atoms with Crippen LogP contribution in [0, 0.1) is 5.92 Å². The van der Waals surface area contributed by atoms with Crippen molar-refractivity contribution in [2.75, 3.05) is 12.0 Å². The summed E-state index contributed by atoms with van der Waals surface area (Å²) in [6.07, 6.45) is 2.52. The Bertz CT molecular complexity index is 1730. The number of rotatable bonds is 4. The van der Waals surface area contributed by atoms with Crippen molar-refractivity contribution in [2.24, 2.45) is 5.92 Å². The fourth-order valence-corrected chi connectivity index (χ4v) is 8.79. The lowest BCUT2D eigenvalue weighted by atomic mass is 9.64. The number of ketones is 1. The highest BCUT2D eigenvalue weighted by molar-refractivity contribution is 8.38. The molecule has 7 rings (SSSR count). The molecule has 0 N–H and O–H groups in total. The molecule has 0 heterocycles. The summed E-state index contributed by atoms with van der Waals surface area (Å²) in [4.78, 5) is 27.9. The van der Waals surface area contributed by atoms with Gasteiger partial charge in [-0.05, 0) is 62.4 Å². The predicted octanol–water partition coefficient (Wildman–Crippen LogP) is 8.38. The SMILES string of the molecule is CSC(=O)SC[C@@H]1C[C@]2(c3ccccc3)C(=O)[C@@]1(c1ccccc1)c1c2c2ccccc2c2ccccc12. The summed E-state index contributed by atoms with van der Waals surface area (Å²) in [5.41, 5.74) is 2.77. The second-order valence-electron chi connectivity index (χ2n) is 10.3. The van der Waals surface area contributed by atoms with Gasteiger partial charge in [-0.2, -0.15) is 0 Å². The third-order valence-corrected chi connectivity index (χ3v) is 10.7. The first-order chi connectivity index (χ1) is 18.6. The second-order valence-corrected chi connectivity index (χ2v) is 12.3. The molecule has 5 aromatic rings. The fourth-order valence-electron chi connectivity index (χ4n) is 7.40. The minimum atomic E-state index is -0.832. The first kappa shape index (κ1) is 23.8. The van der Waals surface area contributed by atoms with Crippen molar-refractivity contribution < 1.29 is 9.59 Å². The average Bonchev–Trinajstić information content (AvgIpc) is 3.38. The van der Waals surface area contributed by atoms with Gasteiger partial charge in [-0.25, -0.2) is 0 Å². The van der Waals surface area contributed by atoms with E-state index in [2.05, 4.69) is 72.8 Å². The van der Waals surface area contributed by atoms with Crippen LogP contribution in [0.5, 0.6) is 0 Å². The van der Waals surface area contributed by atoms with Gasteiger partial charge in [0.1, 0.15) is 0 Å². The van der Waals surface area contributed by atoms with Gasteiger partial charge in [0.2, 0.25) is 4.45 Å². The van der Waals surface area contributed by atoms with E-state index in [1.165, 1.54) is 34.3 Å². The molecule has 5 aromatic carbocycles. The highest BCUT2D eigenvalue weighted by atomic mass is 32.2. The predicted molar refractivity (Wildman–Crippen MR) is 160 cm³/mol. The first-order valence-electron chi connectivity index (χ1n) is 12.9. The molecule has 2 aliphatic rings. The molecule has 0 amide bonds. The maximum atomic E-state index is 15.4. The number of Topliss-reactive ketones (excluding diaryl/α,β-unsaturated/α-hetero) is 1. The van der Waals surface area contributed by atoms with Crippen LogP contribution in [0.25, 0.3) is 21.5 Å². The van der Waals surface area contributed by atoms with Gasteiger partial charge in [0, 0.05) is 5.75 Å². The maximum Gasteiger partial charge on any atom is 0.245 e. The Balaban J connectivity index is 1.67. The third kappa shape index (κ3) is 2.99. The standard InChI is InChI=1S/C34H26O2S2/c1-37-32(36)38-21-24-20-33(22-12-4-2-5-13-22)29-27-18-10-8-16-25(27)26-17-9-11-19-28(26)30(29)34(24,31(33)35)23-14-6-3-7-15-23/h2-19,24H,20-21H2,1H3/t24-,33+,34+/m0/s1. The van der Waals surface area contributed by atoms with Crippen LogP contribution in [-0.4, -0.2) is 22.2 Å². The number of carbonyl (C=O) groups is 2. The van der Waals surface area contributed by atoms with Crippen molar-refractivity contribution in [2.45, 2.75) is 17.3 Å². The van der Waals surface area contributed by atoms with Crippen LogP contribution in [0.1, 0.15) is 28.7 Å². The lowest BCUT2D eigenvalue weighted by molar-refractivity contribution is -0.123. The van der Waals surface area contributed by atoms with Crippen LogP contribution < -0.4 is 0 Å². The van der Waals surface area contributed by atoms with Gasteiger partial charge >= 0.3 is 0 Å². The van der Waals surface area contributed by atoms with Gasteiger partial charge in [0.15, 0.2) is 5.78 Å². The zero-order valence-electron chi connectivity index (χ0n) is 21.0. The van der Waals surface area contributed by atoms with E-state index in [4.69, 9.17) is 0 Å². The van der Waals surface area contributed by atoms with E-state index in [9.17, 15) is 4.79 Å². The van der Waals surface area contributed by atoms with E-state index >= 15 is 4.79 Å². The van der Waals surface area contributed by atoms with Crippen LogP contribution in [0.2, 0.25) is 0 Å². The van der Waals surface area contributed by atoms with Crippen LogP contribution >= 0.6 is 23.5 Å². The molecule has 1 saturated carbocycles. The van der Waals surface area contributed by atoms with E-state index in [1.807, 2.05) is 42.7 Å². The fraction of sp³-hybridized carbons (Fsp3) is 0.176. The molecule has 1 fully saturated rings. The highest BCUT2D eigenvalue weighted by Crippen LogP contribution is 2.68. The number of carbonyl (C=O) groups excluding carboxylic acids is 2. The second kappa shape index (κ2) is 8.86. The van der Waals surface area contributed by atoms with Gasteiger partial charge in [-0.3, -0.25) is 9.59 Å². The van der Waals surface area contributed by atoms with Crippen molar-refractivity contribution in [1.82, 2.24) is 0 Å². The minimum Gasteiger partial charge on any atom is -0.297 e. The maximum absolute atomic E-state index is 15.4. The molecule has 4 heteroatoms. The molecule has 0 unspecified atom stereocenters. The van der Waals surface area contributed by atoms with E-state index in [-0.39, 0.29) is 16.1 Å². The molecular formula is C34H26O2S2. The summed E-state index contributed by atoms with van der Waals surface area (Å²) < 4.78 is 0.0980. The smallest absolute Gasteiger partial charge is 0.245 e. The van der Waals surface area contributed by atoms with Crippen LogP contribution in [-0.2, 0) is 15.6 Å². The number of fused-ring (bicyclic) bond motifs is 10. The van der Waals surface area contributed by atoms with Crippen LogP contribution in [0.15, 0.2) is 109 Å². The lowest BCUT2D eigenvalue weighted by Crippen LogP contribution is -2.39. The molecular weight excluding hydrogens is 505 g/mol. The Labute approximate surface area is 230 Å². The van der Waals surface area contributed by atoms with E-state index in [0.29, 0.717) is 12.2 Å². The Kier molecular flexibility index (Phi) is 5.54. The molecule has 3 atom stereocenters. The monoisotopic (exact) mass is 530 g/mol. The van der Waals surface area contributed by atoms with Crippen LogP contribution in [0.4, 0.5) is 4.79 Å². The summed E-state index contributed by atoms with van der Waals surface area (Å²) in [6, 6.07) is 37.8. The molecule has 0 spiro atoms. The highest BCUT2D eigenvalue weighted by Gasteiger charge is 2.71. The van der Waals surface area contributed by atoms with Crippen molar-refractivity contribution >= 4 is 55.3 Å². The molecule has 2 bridgehead atoms. The van der Waals surface area contributed by atoms with Crippen molar-refractivity contribution in [3.63, 3.8) is 0 Å². The number of hydrogen-bond donors (Lipinski definition) is 0. The summed E-state index contributed by atoms with van der Waals surface area (Å²) >= 11 is 2.61. The Morgan fingerprint density at radius 3 is 1.79 bits per heavy atom. The number of benzene rings is 5. The Morgan fingerprint density at radius 1 is 0.711 bits per heavy atom. The number of hydrogen-bond acceptors (Lipinski definition) is 4. The van der Waals surface area contributed by atoms with Gasteiger partial charge in [0.05, 0.1) is 10.8 Å². The molecule has 2 nitrogen and oxygen atoms in total. The lowest BCUT2D eigenvalue weighted by Gasteiger charge is -2.38. The van der Waals surface area contributed by atoms with Gasteiger partial charge in [0.25, 0.3) is 0 Å². The third-order valence-electron chi connectivity index (χ3n) is 8.73. The summed E-state index contributed by atoms with van der Waals surface area (Å²) in [6.45, 7) is 0. The minimum absolute atomic E-state index is 0.0178. The van der Waals surface area contributed by atoms with E-state index in [0.717, 1.165) is 33.0 Å². The quantitative estimate of drug-likeness (QED) is 0.219. The van der Waals surface area contributed by atoms with Crippen molar-refractivity contribution in [3.8, 4) is 0 Å². The molecule has 2 aliphatic carbocycles. The zero-order valence-corrected chi connectivity index (χ0v) is 22.6. The normalized spacial score (nSPS) is 23.7. The van der Waals surface area contributed by atoms with Gasteiger partial charge < -0.3 is 0 Å². The molecule has 0 aliphatic heterocycles. The van der Waals surface area contributed by atoms with Crippen molar-refractivity contribution in [1.29, 1.82) is 0 Å². The molecule has 0 aromatic heterocycles. The molecule has 0 saturated heterocycles. The first-order valence-corrected chi connectivity index (χ1v) is 15.2. The Morgan fingerprint density at radius 2 is 1.21 bits per heavy atom. The van der Waals surface area contributed by atoms with Gasteiger partial charge in [-0.1, -0.05) is 133 Å². The van der Waals surface area contributed by atoms with Crippen molar-refractivity contribution in [3.05, 3.63) is 131 Å². The summed E-state index contributed by atoms with van der Waals surface area (Å²) in [7, 11) is 0. The average molecular weight is 531 g/mol. The zero-order chi connectivity index (χ0) is 25.9. The largest absolute Gasteiger partial charge is 0.297 e. The molecule has 0 radical (unpaired) electrons.